The molecule has 1 aromatic rings. The number of para-hydroxylation sites is 1. The smallest absolute Gasteiger partial charge is 0.316 e. The molecule has 2 aliphatic heterocycles. The third-order valence-corrected chi connectivity index (χ3v) is 3.60. The summed E-state index contributed by atoms with van der Waals surface area (Å²) in [5, 5.41) is 11.9. The Balaban J connectivity index is 2.14. The van der Waals surface area contributed by atoms with Crippen molar-refractivity contribution in [1.29, 1.82) is 0 Å². The van der Waals surface area contributed by atoms with Gasteiger partial charge in [0.05, 0.1) is 0 Å². The second-order valence-electron chi connectivity index (χ2n) is 4.99. The van der Waals surface area contributed by atoms with Crippen LogP contribution in [-0.4, -0.2) is 22.7 Å². The van der Waals surface area contributed by atoms with Gasteiger partial charge in [-0.3, -0.25) is 9.59 Å². The average molecular weight is 247 g/mol. The molecule has 1 aromatic carbocycles. The van der Waals surface area contributed by atoms with E-state index in [1.807, 2.05) is 18.2 Å². The summed E-state index contributed by atoms with van der Waals surface area (Å²) in [6.07, 6.45) is 0.479. The average Bonchev–Trinajstić information content (AvgIpc) is 2.26. The number of aliphatic carboxylic acids is 1. The molecule has 0 unspecified atom stereocenters. The van der Waals surface area contributed by atoms with Gasteiger partial charge in [-0.1, -0.05) is 18.2 Å². The molecule has 0 radical (unpaired) electrons. The molecule has 1 saturated heterocycles. The number of amides is 1. The van der Waals surface area contributed by atoms with Crippen LogP contribution in [0.15, 0.2) is 24.3 Å². The van der Waals surface area contributed by atoms with Crippen LogP contribution in [-0.2, 0) is 9.59 Å². The van der Waals surface area contributed by atoms with E-state index in [-0.39, 0.29) is 5.92 Å². The Hall–Kier alpha value is -2.04. The number of carbonyl (C=O) groups excluding carboxylic acids is 1. The number of nitrogens with one attached hydrogen (secondary N) is 1. The summed E-state index contributed by atoms with van der Waals surface area (Å²) in [6.45, 7) is 1.77. The number of ether oxygens (including phenoxy) is 1. The number of carboxylic acids is 1. The fourth-order valence-corrected chi connectivity index (χ4v) is 2.87. The second-order valence-corrected chi connectivity index (χ2v) is 4.99. The van der Waals surface area contributed by atoms with Crippen LogP contribution in [0.1, 0.15) is 24.8 Å². The molecule has 2 bridgehead atoms. The molecule has 1 fully saturated rings. The largest absolute Gasteiger partial charge is 0.481 e. The quantitative estimate of drug-likeness (QED) is 0.729. The predicted molar refractivity (Wildman–Crippen MR) is 62.1 cm³/mol. The van der Waals surface area contributed by atoms with Gasteiger partial charge in [-0.25, -0.2) is 0 Å². The van der Waals surface area contributed by atoms with Gasteiger partial charge in [0, 0.05) is 12.3 Å². The Bertz CT molecular complexity index is 542. The molecule has 3 rings (SSSR count). The van der Waals surface area contributed by atoms with Gasteiger partial charge in [0.15, 0.2) is 5.72 Å². The highest BCUT2D eigenvalue weighted by Gasteiger charge is 2.51. The molecular formula is C13H13NO4. The first-order chi connectivity index (χ1) is 8.50. The van der Waals surface area contributed by atoms with Crippen LogP contribution in [0.3, 0.4) is 0 Å². The maximum Gasteiger partial charge on any atom is 0.316 e. The first-order valence-electron chi connectivity index (χ1n) is 5.83. The molecular weight excluding hydrogens is 234 g/mol. The van der Waals surface area contributed by atoms with E-state index < -0.39 is 23.5 Å². The van der Waals surface area contributed by atoms with Crippen LogP contribution in [0.25, 0.3) is 0 Å². The summed E-state index contributed by atoms with van der Waals surface area (Å²) in [5.74, 6) is -2.27. The molecule has 0 saturated carbocycles. The summed E-state index contributed by atoms with van der Waals surface area (Å²) >= 11 is 0. The third kappa shape index (κ3) is 1.47. The normalized spacial score (nSPS) is 33.1. The van der Waals surface area contributed by atoms with Crippen molar-refractivity contribution >= 4 is 11.9 Å². The van der Waals surface area contributed by atoms with Crippen molar-refractivity contribution < 1.29 is 19.4 Å². The fourth-order valence-electron chi connectivity index (χ4n) is 2.87. The number of hydrogen-bond acceptors (Lipinski definition) is 3. The zero-order valence-electron chi connectivity index (χ0n) is 9.84. The highest BCUT2D eigenvalue weighted by atomic mass is 16.5. The van der Waals surface area contributed by atoms with Crippen molar-refractivity contribution in [2.45, 2.75) is 25.0 Å². The summed E-state index contributed by atoms with van der Waals surface area (Å²) in [6, 6.07) is 7.29. The Morgan fingerprint density at radius 1 is 1.50 bits per heavy atom. The fraction of sp³-hybridized carbons (Fsp3) is 0.385. The van der Waals surface area contributed by atoms with Crippen LogP contribution >= 0.6 is 0 Å². The minimum Gasteiger partial charge on any atom is -0.481 e. The third-order valence-electron chi connectivity index (χ3n) is 3.60. The number of rotatable bonds is 1. The van der Waals surface area contributed by atoms with Crippen molar-refractivity contribution in [2.24, 2.45) is 5.92 Å². The Kier molecular flexibility index (Phi) is 2.14. The van der Waals surface area contributed by atoms with Crippen molar-refractivity contribution in [2.75, 3.05) is 0 Å². The minimum absolute atomic E-state index is 0.328. The van der Waals surface area contributed by atoms with Crippen LogP contribution in [0.4, 0.5) is 0 Å². The Morgan fingerprint density at radius 2 is 2.22 bits per heavy atom. The SMILES string of the molecule is C[C@@]12C[C@H](c3ccccc3O1)[C@@H](C(=O)O)C(=O)N2. The first-order valence-corrected chi connectivity index (χ1v) is 5.83. The molecule has 0 spiro atoms. The Labute approximate surface area is 104 Å². The number of piperidine rings is 1. The van der Waals surface area contributed by atoms with Gasteiger partial charge in [-0.2, -0.15) is 0 Å². The van der Waals surface area contributed by atoms with E-state index in [1.165, 1.54) is 0 Å². The number of carbonyl (C=O) groups is 2. The molecule has 94 valence electrons. The molecule has 0 aliphatic carbocycles. The van der Waals surface area contributed by atoms with E-state index >= 15 is 0 Å². The van der Waals surface area contributed by atoms with Crippen molar-refractivity contribution in [1.82, 2.24) is 5.32 Å². The second kappa shape index (κ2) is 3.48. The van der Waals surface area contributed by atoms with Crippen LogP contribution in [0, 0.1) is 5.92 Å². The first kappa shape index (κ1) is 11.1. The molecule has 1 amide bonds. The molecule has 18 heavy (non-hydrogen) atoms. The predicted octanol–water partition coefficient (Wildman–Crippen LogP) is 1.10. The zero-order valence-corrected chi connectivity index (χ0v) is 9.84. The van der Waals surface area contributed by atoms with Crippen molar-refractivity contribution in [3.05, 3.63) is 29.8 Å². The topological polar surface area (TPSA) is 75.6 Å². The number of fused-ring (bicyclic) bond motifs is 4. The standard InChI is InChI=1S/C13H13NO4/c1-13-6-8(10(12(16)17)11(15)14-13)7-4-2-3-5-9(7)18-13/h2-5,8,10H,6H2,1H3,(H,14,15)(H,16,17)/t8-,10-,13+/m1/s1. The molecule has 2 N–H and O–H groups in total. The van der Waals surface area contributed by atoms with Gasteiger partial charge in [0.1, 0.15) is 11.7 Å². The van der Waals surface area contributed by atoms with Gasteiger partial charge in [-0.15, -0.1) is 0 Å². The molecule has 5 nitrogen and oxygen atoms in total. The molecule has 3 atom stereocenters. The summed E-state index contributed by atoms with van der Waals surface area (Å²) in [7, 11) is 0. The molecule has 2 aliphatic rings. The minimum atomic E-state index is -1.09. The zero-order chi connectivity index (χ0) is 12.9. The van der Waals surface area contributed by atoms with Gasteiger partial charge >= 0.3 is 5.97 Å². The molecule has 5 heteroatoms. The lowest BCUT2D eigenvalue weighted by atomic mass is 9.75. The molecule has 0 aromatic heterocycles. The lowest BCUT2D eigenvalue weighted by molar-refractivity contribution is -0.156. The van der Waals surface area contributed by atoms with Gasteiger partial charge in [0.2, 0.25) is 5.91 Å². The van der Waals surface area contributed by atoms with Gasteiger partial charge in [0.25, 0.3) is 0 Å². The maximum atomic E-state index is 11.9. The summed E-state index contributed by atoms with van der Waals surface area (Å²) < 4.78 is 5.76. The number of benzene rings is 1. The highest BCUT2D eigenvalue weighted by Crippen LogP contribution is 2.46. The van der Waals surface area contributed by atoms with Crippen molar-refractivity contribution in [3.63, 3.8) is 0 Å². The summed E-state index contributed by atoms with van der Waals surface area (Å²) in [4.78, 5) is 23.2. The lowest BCUT2D eigenvalue weighted by Gasteiger charge is -2.46. The number of hydrogen-bond donors (Lipinski definition) is 2. The number of carboxylic acid groups (broad SMARTS) is 1. The van der Waals surface area contributed by atoms with Gasteiger partial charge in [-0.05, 0) is 18.6 Å². The summed E-state index contributed by atoms with van der Waals surface area (Å²) in [5.41, 5.74) is -0.000532. The highest BCUT2D eigenvalue weighted by molar-refractivity contribution is 5.99. The van der Waals surface area contributed by atoms with E-state index in [1.54, 1.807) is 13.0 Å². The molecule has 2 heterocycles. The van der Waals surface area contributed by atoms with E-state index in [2.05, 4.69) is 5.32 Å². The van der Waals surface area contributed by atoms with Crippen LogP contribution in [0.5, 0.6) is 5.75 Å². The maximum absolute atomic E-state index is 11.9. The van der Waals surface area contributed by atoms with Crippen LogP contribution in [0.2, 0.25) is 0 Å². The van der Waals surface area contributed by atoms with E-state index in [9.17, 15) is 14.7 Å². The van der Waals surface area contributed by atoms with E-state index in [0.29, 0.717) is 12.2 Å². The monoisotopic (exact) mass is 247 g/mol. The van der Waals surface area contributed by atoms with E-state index in [0.717, 1.165) is 5.56 Å². The van der Waals surface area contributed by atoms with Crippen molar-refractivity contribution in [3.8, 4) is 5.75 Å². The van der Waals surface area contributed by atoms with Crippen LogP contribution < -0.4 is 10.1 Å². The van der Waals surface area contributed by atoms with Gasteiger partial charge < -0.3 is 15.2 Å². The Morgan fingerprint density at radius 3 is 2.94 bits per heavy atom. The lowest BCUT2D eigenvalue weighted by Crippen LogP contribution is -2.61. The van der Waals surface area contributed by atoms with E-state index in [4.69, 9.17) is 4.74 Å².